The number of benzene rings is 1. The lowest BCUT2D eigenvalue weighted by molar-refractivity contribution is 0.220. The van der Waals surface area contributed by atoms with Crippen molar-refractivity contribution >= 4 is 22.7 Å². The molecular weight excluding hydrogens is 240 g/mol. The molecule has 0 aliphatic heterocycles. The molecule has 2 rings (SSSR count). The third-order valence-electron chi connectivity index (χ3n) is 3.14. The van der Waals surface area contributed by atoms with Gasteiger partial charge >= 0.3 is 0 Å². The normalized spacial score (nSPS) is 11.7. The minimum atomic E-state index is -0.00440. The number of para-hydroxylation sites is 1. The zero-order valence-corrected chi connectivity index (χ0v) is 11.3. The van der Waals surface area contributed by atoms with Crippen LogP contribution in [0.25, 0.3) is 10.9 Å². The summed E-state index contributed by atoms with van der Waals surface area (Å²) in [6, 6.07) is 7.76. The lowest BCUT2D eigenvalue weighted by Crippen LogP contribution is -2.24. The molecule has 19 heavy (non-hydrogen) atoms. The van der Waals surface area contributed by atoms with Crippen molar-refractivity contribution in [3.8, 4) is 0 Å². The Morgan fingerprint density at radius 1 is 1.26 bits per heavy atom. The first-order chi connectivity index (χ1) is 9.02. The van der Waals surface area contributed by atoms with Gasteiger partial charge in [0.1, 0.15) is 5.82 Å². The fraction of sp³-hybridized carbons (Fsp3) is 0.429. The molecule has 0 aliphatic rings. The Morgan fingerprint density at radius 2 is 2.00 bits per heavy atom. The maximum absolute atomic E-state index is 9.04. The van der Waals surface area contributed by atoms with E-state index >= 15 is 0 Å². The van der Waals surface area contributed by atoms with E-state index in [-0.39, 0.29) is 18.0 Å². The molecule has 0 atom stereocenters. The van der Waals surface area contributed by atoms with E-state index in [1.54, 1.807) is 0 Å². The number of nitrogen functional groups attached to an aromatic ring is 1. The first-order valence-corrected chi connectivity index (χ1v) is 6.39. The highest BCUT2D eigenvalue weighted by Gasteiger charge is 2.17. The van der Waals surface area contributed by atoms with Gasteiger partial charge in [-0.05, 0) is 24.0 Å². The number of rotatable bonds is 5. The lowest BCUT2D eigenvalue weighted by atomic mass is 9.90. The lowest BCUT2D eigenvalue weighted by Gasteiger charge is -2.24. The first kappa shape index (κ1) is 13.5. The molecule has 0 bridgehead atoms. The first-order valence-electron chi connectivity index (χ1n) is 6.39. The molecule has 1 aromatic heterocycles. The van der Waals surface area contributed by atoms with E-state index in [1.807, 2.05) is 24.3 Å². The van der Waals surface area contributed by atoms with Crippen molar-refractivity contribution in [2.24, 2.45) is 5.41 Å². The van der Waals surface area contributed by atoms with Crippen LogP contribution in [0.1, 0.15) is 20.3 Å². The second-order valence-corrected chi connectivity index (χ2v) is 5.44. The minimum absolute atomic E-state index is 0.00440. The zero-order valence-electron chi connectivity index (χ0n) is 11.3. The Kier molecular flexibility index (Phi) is 3.85. The number of nitrogens with zero attached hydrogens (tertiary/aromatic N) is 2. The van der Waals surface area contributed by atoms with Gasteiger partial charge in [-0.3, -0.25) is 0 Å². The van der Waals surface area contributed by atoms with Crippen LogP contribution in [0, 0.1) is 5.41 Å². The van der Waals surface area contributed by atoms with Crippen LogP contribution in [-0.4, -0.2) is 28.2 Å². The summed E-state index contributed by atoms with van der Waals surface area (Å²) in [5, 5.41) is 13.3. The van der Waals surface area contributed by atoms with Gasteiger partial charge in [0.15, 0.2) is 0 Å². The molecule has 2 aromatic rings. The van der Waals surface area contributed by atoms with Gasteiger partial charge in [-0.25, -0.2) is 4.98 Å². The van der Waals surface area contributed by atoms with E-state index in [1.165, 1.54) is 0 Å². The monoisotopic (exact) mass is 260 g/mol. The molecule has 4 N–H and O–H groups in total. The maximum Gasteiger partial charge on any atom is 0.222 e. The highest BCUT2D eigenvalue weighted by Crippen LogP contribution is 2.24. The summed E-state index contributed by atoms with van der Waals surface area (Å²) in [5.41, 5.74) is 6.55. The highest BCUT2D eigenvalue weighted by molar-refractivity contribution is 5.89. The SMILES string of the molecule is CC(C)(CCO)CNc1nc(N)nc2ccccc12. The van der Waals surface area contributed by atoms with Crippen molar-refractivity contribution in [1.29, 1.82) is 0 Å². The standard InChI is InChI=1S/C14H20N4O/c1-14(2,7-8-19)9-16-12-10-5-3-4-6-11(10)17-13(15)18-12/h3-6,19H,7-9H2,1-2H3,(H3,15,16,17,18). The number of aliphatic hydroxyl groups excluding tert-OH is 1. The van der Waals surface area contributed by atoms with Crippen molar-refractivity contribution < 1.29 is 5.11 Å². The number of hydrogen-bond donors (Lipinski definition) is 3. The molecule has 5 heteroatoms. The van der Waals surface area contributed by atoms with Gasteiger partial charge in [0, 0.05) is 18.5 Å². The number of hydrogen-bond acceptors (Lipinski definition) is 5. The summed E-state index contributed by atoms with van der Waals surface area (Å²) in [6.45, 7) is 5.10. The number of anilines is 2. The van der Waals surface area contributed by atoms with E-state index in [0.29, 0.717) is 6.54 Å². The number of nitrogens with one attached hydrogen (secondary N) is 1. The fourth-order valence-electron chi connectivity index (χ4n) is 1.94. The van der Waals surface area contributed by atoms with Crippen LogP contribution in [0.3, 0.4) is 0 Å². The number of aliphatic hydroxyl groups is 1. The predicted molar refractivity (Wildman–Crippen MR) is 77.9 cm³/mol. The molecule has 0 unspecified atom stereocenters. The summed E-state index contributed by atoms with van der Waals surface area (Å²) in [5.74, 6) is 1.01. The van der Waals surface area contributed by atoms with E-state index in [9.17, 15) is 0 Å². The van der Waals surface area contributed by atoms with E-state index in [0.717, 1.165) is 23.1 Å². The summed E-state index contributed by atoms with van der Waals surface area (Å²) >= 11 is 0. The molecule has 0 aliphatic carbocycles. The third kappa shape index (κ3) is 3.32. The molecule has 5 nitrogen and oxygen atoms in total. The maximum atomic E-state index is 9.04. The zero-order chi connectivity index (χ0) is 13.9. The second-order valence-electron chi connectivity index (χ2n) is 5.44. The summed E-state index contributed by atoms with van der Waals surface area (Å²) in [7, 11) is 0. The van der Waals surface area contributed by atoms with Crippen LogP contribution in [0.15, 0.2) is 24.3 Å². The van der Waals surface area contributed by atoms with Crippen molar-refractivity contribution in [3.63, 3.8) is 0 Å². The molecule has 0 saturated carbocycles. The smallest absolute Gasteiger partial charge is 0.222 e. The molecule has 0 radical (unpaired) electrons. The molecule has 0 amide bonds. The quantitative estimate of drug-likeness (QED) is 0.766. The minimum Gasteiger partial charge on any atom is -0.396 e. The average Bonchev–Trinajstić information content (AvgIpc) is 2.36. The molecule has 1 aromatic carbocycles. The van der Waals surface area contributed by atoms with Crippen molar-refractivity contribution in [3.05, 3.63) is 24.3 Å². The van der Waals surface area contributed by atoms with Crippen molar-refractivity contribution in [2.75, 3.05) is 24.2 Å². The van der Waals surface area contributed by atoms with E-state index < -0.39 is 0 Å². The Hall–Kier alpha value is -1.88. The summed E-state index contributed by atoms with van der Waals surface area (Å²) in [6.07, 6.45) is 0.735. The van der Waals surface area contributed by atoms with Crippen LogP contribution >= 0.6 is 0 Å². The predicted octanol–water partition coefficient (Wildman–Crippen LogP) is 2.03. The van der Waals surface area contributed by atoms with Gasteiger partial charge in [-0.15, -0.1) is 0 Å². The molecule has 0 fully saturated rings. The van der Waals surface area contributed by atoms with Crippen molar-refractivity contribution in [2.45, 2.75) is 20.3 Å². The summed E-state index contributed by atoms with van der Waals surface area (Å²) < 4.78 is 0. The van der Waals surface area contributed by atoms with Gasteiger partial charge < -0.3 is 16.2 Å². The van der Waals surface area contributed by atoms with Crippen LogP contribution < -0.4 is 11.1 Å². The van der Waals surface area contributed by atoms with Gasteiger partial charge in [0.25, 0.3) is 0 Å². The molecule has 0 saturated heterocycles. The molecule has 102 valence electrons. The molecule has 0 spiro atoms. The fourth-order valence-corrected chi connectivity index (χ4v) is 1.94. The number of fused-ring (bicyclic) bond motifs is 1. The Labute approximate surface area is 112 Å². The second kappa shape index (κ2) is 5.40. The van der Waals surface area contributed by atoms with Gasteiger partial charge in [0.2, 0.25) is 5.95 Å². The number of aromatic nitrogens is 2. The van der Waals surface area contributed by atoms with Crippen LogP contribution in [0.4, 0.5) is 11.8 Å². The van der Waals surface area contributed by atoms with E-state index in [4.69, 9.17) is 10.8 Å². The van der Waals surface area contributed by atoms with Gasteiger partial charge in [0.05, 0.1) is 5.52 Å². The Bertz CT molecular complexity index is 568. The van der Waals surface area contributed by atoms with Crippen LogP contribution in [0.2, 0.25) is 0 Å². The number of nitrogens with two attached hydrogens (primary N) is 1. The van der Waals surface area contributed by atoms with Gasteiger partial charge in [-0.2, -0.15) is 4.98 Å². The van der Waals surface area contributed by atoms with Crippen LogP contribution in [0.5, 0.6) is 0 Å². The Morgan fingerprint density at radius 3 is 2.74 bits per heavy atom. The largest absolute Gasteiger partial charge is 0.396 e. The topological polar surface area (TPSA) is 84.1 Å². The van der Waals surface area contributed by atoms with Crippen molar-refractivity contribution in [1.82, 2.24) is 9.97 Å². The third-order valence-corrected chi connectivity index (χ3v) is 3.14. The average molecular weight is 260 g/mol. The van der Waals surface area contributed by atoms with Crippen LogP contribution in [-0.2, 0) is 0 Å². The molecular formula is C14H20N4O. The highest BCUT2D eigenvalue weighted by atomic mass is 16.3. The Balaban J connectivity index is 2.25. The summed E-state index contributed by atoms with van der Waals surface area (Å²) in [4.78, 5) is 8.46. The van der Waals surface area contributed by atoms with E-state index in [2.05, 4.69) is 29.1 Å². The molecule has 1 heterocycles. The van der Waals surface area contributed by atoms with Gasteiger partial charge in [-0.1, -0.05) is 26.0 Å².